The van der Waals surface area contributed by atoms with E-state index < -0.39 is 11.8 Å². The topological polar surface area (TPSA) is 131 Å². The van der Waals surface area contributed by atoms with Gasteiger partial charge in [-0.3, -0.25) is 19.5 Å². The van der Waals surface area contributed by atoms with Crippen molar-refractivity contribution in [1.82, 2.24) is 20.8 Å². The molecule has 12 heteroatoms. The molecule has 1 saturated heterocycles. The molecule has 2 heterocycles. The quantitative estimate of drug-likeness (QED) is 0.243. The predicted molar refractivity (Wildman–Crippen MR) is 156 cm³/mol. The van der Waals surface area contributed by atoms with Crippen molar-refractivity contribution in [3.63, 3.8) is 0 Å². The number of rotatable bonds is 9. The third kappa shape index (κ3) is 7.60. The minimum atomic E-state index is -0.549. The minimum Gasteiger partial charge on any atom is -0.369 e. The van der Waals surface area contributed by atoms with Crippen LogP contribution in [0.1, 0.15) is 34.7 Å². The van der Waals surface area contributed by atoms with Crippen molar-refractivity contribution in [2.45, 2.75) is 19.9 Å². The van der Waals surface area contributed by atoms with Gasteiger partial charge in [0, 0.05) is 43.1 Å². The summed E-state index contributed by atoms with van der Waals surface area (Å²) in [5.74, 6) is -1.15. The number of aromatic nitrogens is 2. The Hall–Kier alpha value is -3.86. The minimum absolute atomic E-state index is 0. The number of carbonyl (C=O) groups excluding carboxylic acids is 3. The number of halogens is 2. The Morgan fingerprint density at radius 2 is 1.85 bits per heavy atom. The third-order valence-corrected chi connectivity index (χ3v) is 6.53. The molecule has 0 aliphatic carbocycles. The zero-order valence-corrected chi connectivity index (χ0v) is 22.1. The molecule has 0 spiro atoms. The lowest BCUT2D eigenvalue weighted by Crippen LogP contribution is -2.37. The van der Waals surface area contributed by atoms with Gasteiger partial charge in [-0.25, -0.2) is 0 Å². The number of carbonyl (C=O) groups is 3. The average molecular weight is 572 g/mol. The van der Waals surface area contributed by atoms with Crippen LogP contribution in [0.25, 0.3) is 0 Å². The largest absolute Gasteiger partial charge is 0.369 e. The number of aromatic amines is 1. The number of hydrogen-bond donors (Lipinski definition) is 5. The van der Waals surface area contributed by atoms with E-state index in [1.807, 2.05) is 31.3 Å². The number of H-pyrrole nitrogens is 1. The van der Waals surface area contributed by atoms with Crippen LogP contribution in [0.4, 0.5) is 17.1 Å². The van der Waals surface area contributed by atoms with E-state index in [2.05, 4.69) is 36.4 Å². The van der Waals surface area contributed by atoms with E-state index in [0.717, 1.165) is 18.7 Å². The molecular formula is C27H31Cl2N7O3. The maximum Gasteiger partial charge on any atom is 0.271 e. The molecule has 39 heavy (non-hydrogen) atoms. The van der Waals surface area contributed by atoms with Gasteiger partial charge in [-0.15, -0.1) is 0 Å². The smallest absolute Gasteiger partial charge is 0.271 e. The highest BCUT2D eigenvalue weighted by Gasteiger charge is 2.27. The Morgan fingerprint density at radius 1 is 1.10 bits per heavy atom. The highest BCUT2D eigenvalue weighted by Crippen LogP contribution is 2.26. The third-order valence-electron chi connectivity index (χ3n) is 5.90. The van der Waals surface area contributed by atoms with E-state index in [1.54, 1.807) is 24.3 Å². The SMILES string of the molecule is C.CNC/C=C/C(=O)Nc1cccc(N2CC[C@@H](NC(=O)c3[nH]ncc3NC(=O)c3c(Cl)cccc3Cl)C2)c1. The van der Waals surface area contributed by atoms with E-state index in [0.29, 0.717) is 18.8 Å². The summed E-state index contributed by atoms with van der Waals surface area (Å²) in [5, 5.41) is 18.4. The van der Waals surface area contributed by atoms with Gasteiger partial charge in [0.15, 0.2) is 0 Å². The van der Waals surface area contributed by atoms with Gasteiger partial charge in [-0.1, -0.05) is 48.8 Å². The monoisotopic (exact) mass is 571 g/mol. The predicted octanol–water partition coefficient (Wildman–Crippen LogP) is 4.33. The fraction of sp³-hybridized carbons (Fsp3) is 0.259. The number of likely N-dealkylation sites (N-methyl/N-ethyl adjacent to an activating group) is 1. The molecule has 4 rings (SSSR count). The summed E-state index contributed by atoms with van der Waals surface area (Å²) in [6, 6.07) is 12.2. The van der Waals surface area contributed by atoms with Gasteiger partial charge in [-0.05, 0) is 43.8 Å². The van der Waals surface area contributed by atoms with Crippen LogP contribution in [-0.2, 0) is 4.79 Å². The molecule has 1 atom stereocenters. The summed E-state index contributed by atoms with van der Waals surface area (Å²) in [6.07, 6.45) is 5.31. The lowest BCUT2D eigenvalue weighted by molar-refractivity contribution is -0.111. The van der Waals surface area contributed by atoms with Gasteiger partial charge in [0.25, 0.3) is 11.8 Å². The van der Waals surface area contributed by atoms with E-state index >= 15 is 0 Å². The zero-order chi connectivity index (χ0) is 27.1. The second kappa shape index (κ2) is 13.8. The highest BCUT2D eigenvalue weighted by atomic mass is 35.5. The highest BCUT2D eigenvalue weighted by molar-refractivity contribution is 6.40. The first kappa shape index (κ1) is 29.7. The van der Waals surface area contributed by atoms with E-state index in [9.17, 15) is 14.4 Å². The van der Waals surface area contributed by atoms with Crippen LogP contribution >= 0.6 is 23.2 Å². The molecular weight excluding hydrogens is 541 g/mol. The number of nitrogens with zero attached hydrogens (tertiary/aromatic N) is 2. The van der Waals surface area contributed by atoms with Crippen molar-refractivity contribution in [2.24, 2.45) is 0 Å². The standard InChI is InChI=1S/C26H27Cl2N7O3.CH4/c1-29-11-4-9-22(36)31-16-5-2-6-18(13-16)35-12-10-17(15-35)32-26(38)24-21(14-30-34-24)33-25(37)23-19(27)7-3-8-20(23)28;/h2-9,13-14,17,29H,10-12,15H2,1H3,(H,30,34)(H,31,36)(H,32,38)(H,33,37);1H4/b9-4+;/t17-;/m1./s1. The molecule has 0 unspecified atom stereocenters. The van der Waals surface area contributed by atoms with Gasteiger partial charge in [0.05, 0.1) is 27.5 Å². The van der Waals surface area contributed by atoms with Crippen LogP contribution < -0.4 is 26.2 Å². The van der Waals surface area contributed by atoms with Crippen molar-refractivity contribution in [2.75, 3.05) is 42.2 Å². The number of anilines is 3. The average Bonchev–Trinajstić information content (AvgIpc) is 3.54. The van der Waals surface area contributed by atoms with Crippen molar-refractivity contribution < 1.29 is 14.4 Å². The maximum absolute atomic E-state index is 13.0. The second-order valence-electron chi connectivity index (χ2n) is 8.61. The molecule has 0 bridgehead atoms. The first-order chi connectivity index (χ1) is 18.4. The molecule has 2 aromatic carbocycles. The van der Waals surface area contributed by atoms with Crippen LogP contribution in [0.15, 0.2) is 60.8 Å². The number of nitrogens with one attached hydrogen (secondary N) is 5. The molecule has 1 aliphatic heterocycles. The first-order valence-corrected chi connectivity index (χ1v) is 12.7. The zero-order valence-electron chi connectivity index (χ0n) is 20.6. The Bertz CT molecular complexity index is 1340. The van der Waals surface area contributed by atoms with Gasteiger partial charge >= 0.3 is 0 Å². The van der Waals surface area contributed by atoms with E-state index in [-0.39, 0.29) is 46.4 Å². The first-order valence-electron chi connectivity index (χ1n) is 11.9. The lowest BCUT2D eigenvalue weighted by Gasteiger charge is -2.20. The summed E-state index contributed by atoms with van der Waals surface area (Å²) < 4.78 is 0. The van der Waals surface area contributed by atoms with Crippen LogP contribution in [-0.4, -0.2) is 60.6 Å². The summed E-state index contributed by atoms with van der Waals surface area (Å²) in [7, 11) is 1.81. The number of amides is 3. The maximum atomic E-state index is 13.0. The van der Waals surface area contributed by atoms with Crippen LogP contribution in [0, 0.1) is 0 Å². The fourth-order valence-corrected chi connectivity index (χ4v) is 4.64. The second-order valence-corrected chi connectivity index (χ2v) is 9.43. The van der Waals surface area contributed by atoms with Crippen LogP contribution in [0.3, 0.4) is 0 Å². The molecule has 3 amide bonds. The molecule has 1 aromatic heterocycles. The molecule has 5 N–H and O–H groups in total. The van der Waals surface area contributed by atoms with E-state index in [4.69, 9.17) is 23.2 Å². The van der Waals surface area contributed by atoms with Crippen LogP contribution in [0.2, 0.25) is 10.0 Å². The lowest BCUT2D eigenvalue weighted by atomic mass is 10.2. The van der Waals surface area contributed by atoms with Gasteiger partial charge in [-0.2, -0.15) is 5.10 Å². The molecule has 10 nitrogen and oxygen atoms in total. The summed E-state index contributed by atoms with van der Waals surface area (Å²) in [6.45, 7) is 1.91. The van der Waals surface area contributed by atoms with Gasteiger partial charge in [0.1, 0.15) is 5.69 Å². The molecule has 3 aromatic rings. The molecule has 206 valence electrons. The molecule has 1 fully saturated rings. The molecule has 0 radical (unpaired) electrons. The molecule has 1 aliphatic rings. The Labute approximate surface area is 237 Å². The fourth-order valence-electron chi connectivity index (χ4n) is 4.07. The van der Waals surface area contributed by atoms with E-state index in [1.165, 1.54) is 12.3 Å². The van der Waals surface area contributed by atoms with Crippen molar-refractivity contribution in [3.8, 4) is 0 Å². The number of benzene rings is 2. The summed E-state index contributed by atoms with van der Waals surface area (Å²) in [5.41, 5.74) is 2.07. The van der Waals surface area contributed by atoms with Crippen LogP contribution in [0.5, 0.6) is 0 Å². The van der Waals surface area contributed by atoms with Crippen molar-refractivity contribution >= 4 is 58.0 Å². The van der Waals surface area contributed by atoms with Crippen molar-refractivity contribution in [3.05, 3.63) is 82.1 Å². The van der Waals surface area contributed by atoms with Gasteiger partial charge in [0.2, 0.25) is 5.91 Å². The Balaban J connectivity index is 0.00000420. The van der Waals surface area contributed by atoms with Crippen molar-refractivity contribution in [1.29, 1.82) is 0 Å². The normalized spacial score (nSPS) is 14.6. The summed E-state index contributed by atoms with van der Waals surface area (Å²) in [4.78, 5) is 39.9. The van der Waals surface area contributed by atoms with Gasteiger partial charge < -0.3 is 26.2 Å². The number of hydrogen-bond acceptors (Lipinski definition) is 6. The Kier molecular flexibility index (Phi) is 10.5. The Morgan fingerprint density at radius 3 is 2.59 bits per heavy atom. The molecule has 0 saturated carbocycles. The summed E-state index contributed by atoms with van der Waals surface area (Å²) >= 11 is 12.3.